The van der Waals surface area contributed by atoms with Crippen LogP contribution in [0.3, 0.4) is 0 Å². The fourth-order valence-corrected chi connectivity index (χ4v) is 2.42. The highest BCUT2D eigenvalue weighted by Crippen LogP contribution is 2.29. The van der Waals surface area contributed by atoms with E-state index in [-0.39, 0.29) is 22.9 Å². The standard InChI is InChI=1S/C20H21F3N2O4/c1-12(2)29-16-9-8-13(10-17(16)28-3)18(26)25-15-7-5-4-6-14(15)19(27)24-11-20(21,22)23/h4-10,12H,11H2,1-3H3,(H,24,27)(H,25,26). The first-order valence-corrected chi connectivity index (χ1v) is 8.70. The van der Waals surface area contributed by atoms with Crippen molar-refractivity contribution in [1.82, 2.24) is 5.32 Å². The number of ether oxygens (including phenoxy) is 2. The van der Waals surface area contributed by atoms with Gasteiger partial charge in [0.15, 0.2) is 11.5 Å². The highest BCUT2D eigenvalue weighted by Gasteiger charge is 2.28. The molecule has 2 rings (SSSR count). The molecule has 0 heterocycles. The van der Waals surface area contributed by atoms with Gasteiger partial charge in [-0.25, -0.2) is 0 Å². The van der Waals surface area contributed by atoms with Crippen molar-refractivity contribution in [2.75, 3.05) is 19.0 Å². The third kappa shape index (κ3) is 6.41. The summed E-state index contributed by atoms with van der Waals surface area (Å²) >= 11 is 0. The molecule has 0 aliphatic rings. The van der Waals surface area contributed by atoms with Crippen LogP contribution in [0.25, 0.3) is 0 Å². The number of benzene rings is 2. The van der Waals surface area contributed by atoms with E-state index in [9.17, 15) is 22.8 Å². The van der Waals surface area contributed by atoms with E-state index in [1.807, 2.05) is 13.8 Å². The molecule has 0 bridgehead atoms. The average Bonchev–Trinajstić information content (AvgIpc) is 2.65. The average molecular weight is 410 g/mol. The molecule has 0 aliphatic carbocycles. The molecule has 2 N–H and O–H groups in total. The van der Waals surface area contributed by atoms with E-state index in [1.165, 1.54) is 37.4 Å². The van der Waals surface area contributed by atoms with E-state index >= 15 is 0 Å². The van der Waals surface area contributed by atoms with E-state index in [0.717, 1.165) is 0 Å². The molecule has 156 valence electrons. The van der Waals surface area contributed by atoms with Crippen LogP contribution < -0.4 is 20.1 Å². The quantitative estimate of drug-likeness (QED) is 0.723. The number of hydrogen-bond acceptors (Lipinski definition) is 4. The Hall–Kier alpha value is -3.23. The molecule has 0 aromatic heterocycles. The lowest BCUT2D eigenvalue weighted by Gasteiger charge is -2.15. The van der Waals surface area contributed by atoms with Gasteiger partial charge < -0.3 is 20.1 Å². The Balaban J connectivity index is 2.20. The molecule has 29 heavy (non-hydrogen) atoms. The minimum absolute atomic E-state index is 0.0821. The van der Waals surface area contributed by atoms with Crippen molar-refractivity contribution in [3.63, 3.8) is 0 Å². The van der Waals surface area contributed by atoms with Crippen LogP contribution in [0.4, 0.5) is 18.9 Å². The summed E-state index contributed by atoms with van der Waals surface area (Å²) < 4.78 is 47.9. The van der Waals surface area contributed by atoms with E-state index in [0.29, 0.717) is 11.5 Å². The van der Waals surface area contributed by atoms with Gasteiger partial charge in [0.2, 0.25) is 0 Å². The Kier molecular flexibility index (Phi) is 7.08. The first-order valence-electron chi connectivity index (χ1n) is 8.70. The number of para-hydroxylation sites is 1. The Morgan fingerprint density at radius 2 is 1.72 bits per heavy atom. The summed E-state index contributed by atoms with van der Waals surface area (Å²) in [6, 6.07) is 10.3. The third-order valence-electron chi connectivity index (χ3n) is 3.66. The first kappa shape index (κ1) is 22.1. The molecule has 0 atom stereocenters. The minimum Gasteiger partial charge on any atom is -0.493 e. The molecule has 0 saturated carbocycles. The molecule has 2 amide bonds. The van der Waals surface area contributed by atoms with Crippen LogP contribution >= 0.6 is 0 Å². The number of halogens is 3. The molecule has 9 heteroatoms. The fraction of sp³-hybridized carbons (Fsp3) is 0.300. The van der Waals surface area contributed by atoms with Gasteiger partial charge in [-0.2, -0.15) is 13.2 Å². The van der Waals surface area contributed by atoms with Crippen LogP contribution in [-0.4, -0.2) is 37.7 Å². The second-order valence-corrected chi connectivity index (χ2v) is 6.33. The number of rotatable bonds is 7. The van der Waals surface area contributed by atoms with Crippen molar-refractivity contribution in [3.8, 4) is 11.5 Å². The zero-order valence-electron chi connectivity index (χ0n) is 16.1. The molecule has 2 aromatic carbocycles. The maximum Gasteiger partial charge on any atom is 0.405 e. The van der Waals surface area contributed by atoms with Gasteiger partial charge in [0, 0.05) is 5.56 Å². The number of alkyl halides is 3. The predicted molar refractivity (Wildman–Crippen MR) is 102 cm³/mol. The lowest BCUT2D eigenvalue weighted by Crippen LogP contribution is -2.34. The summed E-state index contributed by atoms with van der Waals surface area (Å²) in [5.74, 6) is -0.694. The van der Waals surface area contributed by atoms with Crippen LogP contribution in [0.2, 0.25) is 0 Å². The number of nitrogens with one attached hydrogen (secondary N) is 2. The third-order valence-corrected chi connectivity index (χ3v) is 3.66. The van der Waals surface area contributed by atoms with Gasteiger partial charge in [-0.1, -0.05) is 12.1 Å². The molecule has 6 nitrogen and oxygen atoms in total. The number of hydrogen-bond donors (Lipinski definition) is 2. The Morgan fingerprint density at radius 3 is 2.34 bits per heavy atom. The fourth-order valence-electron chi connectivity index (χ4n) is 2.42. The maximum atomic E-state index is 12.6. The van der Waals surface area contributed by atoms with Crippen LogP contribution in [-0.2, 0) is 0 Å². The lowest BCUT2D eigenvalue weighted by atomic mass is 10.1. The Morgan fingerprint density at radius 1 is 1.03 bits per heavy atom. The molecule has 0 unspecified atom stereocenters. The number of anilines is 1. The zero-order chi connectivity index (χ0) is 21.6. The molecule has 0 saturated heterocycles. The normalized spacial score (nSPS) is 11.1. The molecule has 0 aliphatic heterocycles. The van der Waals surface area contributed by atoms with Crippen molar-refractivity contribution in [1.29, 1.82) is 0 Å². The van der Waals surface area contributed by atoms with Gasteiger partial charge in [0.1, 0.15) is 6.54 Å². The summed E-state index contributed by atoms with van der Waals surface area (Å²) in [4.78, 5) is 24.7. The van der Waals surface area contributed by atoms with Crippen molar-refractivity contribution >= 4 is 17.5 Å². The smallest absolute Gasteiger partial charge is 0.405 e. The van der Waals surface area contributed by atoms with Gasteiger partial charge in [-0.15, -0.1) is 0 Å². The maximum absolute atomic E-state index is 12.6. The van der Waals surface area contributed by atoms with Crippen LogP contribution in [0, 0.1) is 0 Å². The van der Waals surface area contributed by atoms with Crippen LogP contribution in [0.5, 0.6) is 11.5 Å². The van der Waals surface area contributed by atoms with Crippen molar-refractivity contribution in [2.24, 2.45) is 0 Å². The summed E-state index contributed by atoms with van der Waals surface area (Å²) in [6.45, 7) is 2.23. The molecule has 2 aromatic rings. The predicted octanol–water partition coefficient (Wildman–Crippen LogP) is 4.03. The van der Waals surface area contributed by atoms with Gasteiger partial charge >= 0.3 is 6.18 Å². The molecular formula is C20H21F3N2O4. The second kappa shape index (κ2) is 9.31. The number of carbonyl (C=O) groups is 2. The molecular weight excluding hydrogens is 389 g/mol. The second-order valence-electron chi connectivity index (χ2n) is 6.33. The van der Waals surface area contributed by atoms with Crippen molar-refractivity contribution in [3.05, 3.63) is 53.6 Å². The highest BCUT2D eigenvalue weighted by atomic mass is 19.4. The summed E-state index contributed by atoms with van der Waals surface area (Å²) in [5.41, 5.74) is 0.221. The summed E-state index contributed by atoms with van der Waals surface area (Å²) in [7, 11) is 1.44. The van der Waals surface area contributed by atoms with Crippen molar-refractivity contribution in [2.45, 2.75) is 26.1 Å². The summed E-state index contributed by atoms with van der Waals surface area (Å²) in [6.07, 6.45) is -4.63. The summed E-state index contributed by atoms with van der Waals surface area (Å²) in [5, 5.41) is 4.32. The highest BCUT2D eigenvalue weighted by molar-refractivity contribution is 6.09. The van der Waals surface area contributed by atoms with Gasteiger partial charge in [0.05, 0.1) is 24.5 Å². The van der Waals surface area contributed by atoms with E-state index in [2.05, 4.69) is 5.32 Å². The zero-order valence-corrected chi connectivity index (χ0v) is 16.1. The van der Waals surface area contributed by atoms with Crippen molar-refractivity contribution < 1.29 is 32.2 Å². The minimum atomic E-state index is -4.54. The Labute approximate surface area is 166 Å². The molecule has 0 radical (unpaired) electrons. The van der Waals surface area contributed by atoms with Gasteiger partial charge in [-0.05, 0) is 44.2 Å². The van der Waals surface area contributed by atoms with Crippen LogP contribution in [0.15, 0.2) is 42.5 Å². The van der Waals surface area contributed by atoms with Gasteiger partial charge in [0.25, 0.3) is 11.8 Å². The number of amides is 2. The SMILES string of the molecule is COc1cc(C(=O)Nc2ccccc2C(=O)NCC(F)(F)F)ccc1OC(C)C. The topological polar surface area (TPSA) is 76.7 Å². The van der Waals surface area contributed by atoms with E-state index in [1.54, 1.807) is 17.4 Å². The molecule has 0 spiro atoms. The largest absolute Gasteiger partial charge is 0.493 e. The lowest BCUT2D eigenvalue weighted by molar-refractivity contribution is -0.123. The van der Waals surface area contributed by atoms with E-state index < -0.39 is 24.5 Å². The van der Waals surface area contributed by atoms with Crippen LogP contribution in [0.1, 0.15) is 34.6 Å². The Bertz CT molecular complexity index is 882. The number of methoxy groups -OCH3 is 1. The van der Waals surface area contributed by atoms with E-state index in [4.69, 9.17) is 9.47 Å². The first-order chi connectivity index (χ1) is 13.6. The number of carbonyl (C=O) groups excluding carboxylic acids is 2. The van der Waals surface area contributed by atoms with Gasteiger partial charge in [-0.3, -0.25) is 9.59 Å². The molecule has 0 fully saturated rings. The monoisotopic (exact) mass is 410 g/mol.